The third-order valence-electron chi connectivity index (χ3n) is 2.73. The molecule has 1 rings (SSSR count). The summed E-state index contributed by atoms with van der Waals surface area (Å²) in [4.78, 5) is 4.32. The summed E-state index contributed by atoms with van der Waals surface area (Å²) in [6, 6.07) is 2.19. The summed E-state index contributed by atoms with van der Waals surface area (Å²) in [6.45, 7) is 9.78. The van der Waals surface area contributed by atoms with Crippen molar-refractivity contribution in [2.24, 2.45) is 5.92 Å². The van der Waals surface area contributed by atoms with Crippen molar-refractivity contribution in [1.29, 1.82) is 0 Å². The van der Waals surface area contributed by atoms with Gasteiger partial charge in [0.05, 0.1) is 24.5 Å². The molecular weight excluding hydrogens is 214 g/mol. The fraction of sp³-hybridized carbons (Fsp3) is 0.615. The fourth-order valence-electron chi connectivity index (χ4n) is 1.57. The van der Waals surface area contributed by atoms with Gasteiger partial charge in [0.2, 0.25) is 0 Å². The normalized spacial score (nSPS) is 12.8. The van der Waals surface area contributed by atoms with Crippen molar-refractivity contribution in [3.8, 4) is 0 Å². The van der Waals surface area contributed by atoms with Crippen LogP contribution in [0.15, 0.2) is 12.3 Å². The predicted molar refractivity (Wildman–Crippen MR) is 72.1 cm³/mol. The summed E-state index contributed by atoms with van der Waals surface area (Å²) < 4.78 is 5.48. The molecule has 96 valence electrons. The third-order valence-corrected chi connectivity index (χ3v) is 2.73. The summed E-state index contributed by atoms with van der Waals surface area (Å²) in [5.74, 6) is 1.37. The first-order valence-corrected chi connectivity index (χ1v) is 6.11. The van der Waals surface area contributed by atoms with E-state index in [0.29, 0.717) is 18.2 Å². The fourth-order valence-corrected chi connectivity index (χ4v) is 1.57. The van der Waals surface area contributed by atoms with Crippen molar-refractivity contribution >= 4 is 11.5 Å². The highest BCUT2D eigenvalue weighted by Crippen LogP contribution is 2.17. The van der Waals surface area contributed by atoms with Crippen molar-refractivity contribution < 1.29 is 4.74 Å². The number of pyridine rings is 1. The molecule has 4 nitrogen and oxygen atoms in total. The summed E-state index contributed by atoms with van der Waals surface area (Å²) in [7, 11) is 0. The van der Waals surface area contributed by atoms with Crippen LogP contribution in [-0.4, -0.2) is 24.2 Å². The van der Waals surface area contributed by atoms with Crippen LogP contribution in [0.4, 0.5) is 11.5 Å². The number of anilines is 2. The molecule has 0 fully saturated rings. The summed E-state index contributed by atoms with van der Waals surface area (Å²) in [5, 5.41) is 3.42. The topological polar surface area (TPSA) is 60.2 Å². The van der Waals surface area contributed by atoms with Gasteiger partial charge in [0.25, 0.3) is 0 Å². The van der Waals surface area contributed by atoms with Crippen LogP contribution in [0.25, 0.3) is 0 Å². The molecule has 4 heteroatoms. The first-order chi connectivity index (χ1) is 8.04. The number of nitrogen functional groups attached to an aromatic ring is 1. The molecule has 0 aliphatic heterocycles. The van der Waals surface area contributed by atoms with E-state index in [1.807, 2.05) is 19.9 Å². The van der Waals surface area contributed by atoms with E-state index in [4.69, 9.17) is 10.5 Å². The van der Waals surface area contributed by atoms with E-state index in [-0.39, 0.29) is 6.04 Å². The second kappa shape index (κ2) is 6.45. The molecule has 0 saturated carbocycles. The van der Waals surface area contributed by atoms with E-state index in [1.165, 1.54) is 0 Å². The van der Waals surface area contributed by atoms with Gasteiger partial charge in [0, 0.05) is 6.61 Å². The standard InChI is InChI=1S/C13H23N3O/c1-5-17-8-12(9(2)3)16-13-10(4)6-11(14)7-15-13/h6-7,9,12H,5,8,14H2,1-4H3,(H,15,16). The summed E-state index contributed by atoms with van der Waals surface area (Å²) in [6.07, 6.45) is 1.67. The van der Waals surface area contributed by atoms with Gasteiger partial charge in [0.15, 0.2) is 0 Å². The number of aromatic nitrogens is 1. The number of nitrogens with zero attached hydrogens (tertiary/aromatic N) is 1. The molecule has 1 aromatic heterocycles. The van der Waals surface area contributed by atoms with E-state index in [0.717, 1.165) is 18.0 Å². The van der Waals surface area contributed by atoms with E-state index in [2.05, 4.69) is 24.1 Å². The number of hydrogen-bond acceptors (Lipinski definition) is 4. The molecule has 1 aromatic rings. The molecule has 0 bridgehead atoms. The molecule has 3 N–H and O–H groups in total. The molecule has 17 heavy (non-hydrogen) atoms. The average Bonchev–Trinajstić information content (AvgIpc) is 2.26. The molecule has 0 spiro atoms. The highest BCUT2D eigenvalue weighted by molar-refractivity contribution is 5.51. The lowest BCUT2D eigenvalue weighted by Gasteiger charge is -2.23. The second-order valence-electron chi connectivity index (χ2n) is 4.59. The molecule has 1 atom stereocenters. The van der Waals surface area contributed by atoms with E-state index < -0.39 is 0 Å². The molecule has 0 aliphatic rings. The molecule has 1 unspecified atom stereocenters. The molecule has 1 heterocycles. The SMILES string of the molecule is CCOCC(Nc1ncc(N)cc1C)C(C)C. The molecule has 0 saturated heterocycles. The Morgan fingerprint density at radius 2 is 2.18 bits per heavy atom. The number of nitrogens with two attached hydrogens (primary N) is 1. The van der Waals surface area contributed by atoms with Crippen molar-refractivity contribution in [1.82, 2.24) is 4.98 Å². The quantitative estimate of drug-likeness (QED) is 0.798. The number of hydrogen-bond donors (Lipinski definition) is 2. The van der Waals surface area contributed by atoms with Crippen molar-refractivity contribution in [2.45, 2.75) is 33.7 Å². The van der Waals surface area contributed by atoms with Gasteiger partial charge < -0.3 is 15.8 Å². The van der Waals surface area contributed by atoms with Gasteiger partial charge in [-0.25, -0.2) is 4.98 Å². The van der Waals surface area contributed by atoms with Crippen LogP contribution in [0.3, 0.4) is 0 Å². The zero-order chi connectivity index (χ0) is 12.8. The maximum absolute atomic E-state index is 5.68. The highest BCUT2D eigenvalue weighted by atomic mass is 16.5. The Bertz CT molecular complexity index is 353. The van der Waals surface area contributed by atoms with Gasteiger partial charge in [-0.15, -0.1) is 0 Å². The Kier molecular flexibility index (Phi) is 5.22. The van der Waals surface area contributed by atoms with Crippen LogP contribution >= 0.6 is 0 Å². The largest absolute Gasteiger partial charge is 0.397 e. The van der Waals surface area contributed by atoms with Gasteiger partial charge >= 0.3 is 0 Å². The van der Waals surface area contributed by atoms with Crippen LogP contribution in [-0.2, 0) is 4.74 Å². The maximum atomic E-state index is 5.68. The monoisotopic (exact) mass is 237 g/mol. The minimum Gasteiger partial charge on any atom is -0.397 e. The lowest BCUT2D eigenvalue weighted by atomic mass is 10.1. The minimum atomic E-state index is 0.268. The summed E-state index contributed by atoms with van der Waals surface area (Å²) >= 11 is 0. The van der Waals surface area contributed by atoms with Crippen LogP contribution in [0, 0.1) is 12.8 Å². The third kappa shape index (κ3) is 4.23. The molecule has 0 amide bonds. The molecular formula is C13H23N3O. The van der Waals surface area contributed by atoms with Crippen LogP contribution in [0.5, 0.6) is 0 Å². The lowest BCUT2D eigenvalue weighted by molar-refractivity contribution is 0.126. The van der Waals surface area contributed by atoms with Gasteiger partial charge in [-0.1, -0.05) is 13.8 Å². The highest BCUT2D eigenvalue weighted by Gasteiger charge is 2.14. The van der Waals surface area contributed by atoms with E-state index in [1.54, 1.807) is 6.20 Å². The zero-order valence-corrected chi connectivity index (χ0v) is 11.2. The van der Waals surface area contributed by atoms with Crippen molar-refractivity contribution in [2.75, 3.05) is 24.3 Å². The Hall–Kier alpha value is -1.29. The molecule has 0 aromatic carbocycles. The number of ether oxygens (including phenoxy) is 1. The second-order valence-corrected chi connectivity index (χ2v) is 4.59. The maximum Gasteiger partial charge on any atom is 0.129 e. The van der Waals surface area contributed by atoms with Crippen LogP contribution in [0.2, 0.25) is 0 Å². The number of rotatable bonds is 6. The predicted octanol–water partition coefficient (Wildman–Crippen LogP) is 2.45. The Morgan fingerprint density at radius 1 is 1.47 bits per heavy atom. The van der Waals surface area contributed by atoms with Gasteiger partial charge in [-0.3, -0.25) is 0 Å². The van der Waals surface area contributed by atoms with Crippen LogP contribution in [0.1, 0.15) is 26.3 Å². The number of aryl methyl sites for hydroxylation is 1. The zero-order valence-electron chi connectivity index (χ0n) is 11.2. The van der Waals surface area contributed by atoms with E-state index >= 15 is 0 Å². The Labute approximate surface area is 104 Å². The summed E-state index contributed by atoms with van der Waals surface area (Å²) in [5.41, 5.74) is 7.44. The smallest absolute Gasteiger partial charge is 0.129 e. The van der Waals surface area contributed by atoms with Crippen LogP contribution < -0.4 is 11.1 Å². The Morgan fingerprint density at radius 3 is 2.71 bits per heavy atom. The van der Waals surface area contributed by atoms with Crippen molar-refractivity contribution in [3.05, 3.63) is 17.8 Å². The van der Waals surface area contributed by atoms with E-state index in [9.17, 15) is 0 Å². The Balaban J connectivity index is 2.71. The first kappa shape index (κ1) is 13.8. The van der Waals surface area contributed by atoms with Crippen molar-refractivity contribution in [3.63, 3.8) is 0 Å². The molecule has 0 radical (unpaired) electrons. The lowest BCUT2D eigenvalue weighted by Crippen LogP contribution is -2.31. The average molecular weight is 237 g/mol. The van der Waals surface area contributed by atoms with Gasteiger partial charge in [-0.05, 0) is 31.4 Å². The molecule has 0 aliphatic carbocycles. The van der Waals surface area contributed by atoms with Gasteiger partial charge in [0.1, 0.15) is 5.82 Å². The van der Waals surface area contributed by atoms with Gasteiger partial charge in [-0.2, -0.15) is 0 Å². The first-order valence-electron chi connectivity index (χ1n) is 6.11. The minimum absolute atomic E-state index is 0.268. The number of nitrogens with one attached hydrogen (secondary N) is 1.